The molecular weight excluding hydrogens is 201 g/mol. The third-order valence-electron chi connectivity index (χ3n) is 2.92. The van der Waals surface area contributed by atoms with Gasteiger partial charge in [-0.05, 0) is 57.0 Å². The Morgan fingerprint density at radius 2 is 2.00 bits per heavy atom. The van der Waals surface area contributed by atoms with E-state index in [-0.39, 0.29) is 5.82 Å². The molecule has 0 spiro atoms. The lowest BCUT2D eigenvalue weighted by Crippen LogP contribution is -2.31. The second kappa shape index (κ2) is 6.00. The first kappa shape index (κ1) is 13.2. The van der Waals surface area contributed by atoms with Gasteiger partial charge in [0, 0.05) is 12.6 Å². The van der Waals surface area contributed by atoms with Crippen LogP contribution in [0.3, 0.4) is 0 Å². The third-order valence-corrected chi connectivity index (χ3v) is 2.92. The van der Waals surface area contributed by atoms with Crippen LogP contribution in [0.5, 0.6) is 0 Å². The summed E-state index contributed by atoms with van der Waals surface area (Å²) in [7, 11) is 0. The van der Waals surface area contributed by atoms with E-state index in [4.69, 9.17) is 0 Å². The number of hydrogen-bond donors (Lipinski definition) is 0. The maximum Gasteiger partial charge on any atom is 0.123 e. The summed E-state index contributed by atoms with van der Waals surface area (Å²) in [5.41, 5.74) is 2.27. The highest BCUT2D eigenvalue weighted by molar-refractivity contribution is 5.26. The van der Waals surface area contributed by atoms with E-state index >= 15 is 0 Å². The zero-order valence-corrected chi connectivity index (χ0v) is 10.8. The van der Waals surface area contributed by atoms with Gasteiger partial charge >= 0.3 is 0 Å². The van der Waals surface area contributed by atoms with E-state index in [1.165, 1.54) is 5.56 Å². The van der Waals surface area contributed by atoms with Crippen molar-refractivity contribution >= 4 is 0 Å². The summed E-state index contributed by atoms with van der Waals surface area (Å²) in [5, 5.41) is 0. The lowest BCUT2D eigenvalue weighted by atomic mass is 10.1. The van der Waals surface area contributed by atoms with Gasteiger partial charge in [0.05, 0.1) is 0 Å². The normalized spacial score (nSPS) is 11.4. The minimum atomic E-state index is -0.146. The molecule has 2 heteroatoms. The molecule has 16 heavy (non-hydrogen) atoms. The van der Waals surface area contributed by atoms with Gasteiger partial charge in [-0.15, -0.1) is 0 Å². The number of nitrogens with zero attached hydrogens (tertiary/aromatic N) is 1. The topological polar surface area (TPSA) is 3.24 Å². The molecule has 0 atom stereocenters. The Morgan fingerprint density at radius 3 is 2.50 bits per heavy atom. The van der Waals surface area contributed by atoms with Crippen LogP contribution in [0.15, 0.2) is 18.2 Å². The van der Waals surface area contributed by atoms with Crippen molar-refractivity contribution < 1.29 is 4.39 Å². The van der Waals surface area contributed by atoms with Crippen LogP contribution in [0.25, 0.3) is 0 Å². The Labute approximate surface area is 98.3 Å². The molecule has 1 aromatic carbocycles. The summed E-state index contributed by atoms with van der Waals surface area (Å²) in [4.78, 5) is 2.42. The predicted octanol–water partition coefficient (Wildman–Crippen LogP) is 3.75. The van der Waals surface area contributed by atoms with E-state index in [0.29, 0.717) is 6.04 Å². The van der Waals surface area contributed by atoms with E-state index in [2.05, 4.69) is 25.7 Å². The molecule has 0 aliphatic heterocycles. The molecule has 0 aromatic heterocycles. The number of halogens is 1. The zero-order chi connectivity index (χ0) is 12.1. The lowest BCUT2D eigenvalue weighted by molar-refractivity contribution is 0.213. The van der Waals surface area contributed by atoms with Gasteiger partial charge in [-0.2, -0.15) is 0 Å². The highest BCUT2D eigenvalue weighted by Gasteiger charge is 2.10. The average molecular weight is 223 g/mol. The molecule has 0 aliphatic carbocycles. The van der Waals surface area contributed by atoms with Crippen LogP contribution in [0.2, 0.25) is 0 Å². The van der Waals surface area contributed by atoms with Crippen molar-refractivity contribution in [1.29, 1.82) is 0 Å². The summed E-state index contributed by atoms with van der Waals surface area (Å²) in [5.74, 6) is -0.146. The largest absolute Gasteiger partial charge is 0.297 e. The Morgan fingerprint density at radius 1 is 1.31 bits per heavy atom. The molecule has 0 unspecified atom stereocenters. The molecule has 0 fully saturated rings. The van der Waals surface area contributed by atoms with Crippen molar-refractivity contribution in [1.82, 2.24) is 4.90 Å². The number of benzene rings is 1. The van der Waals surface area contributed by atoms with Crippen LogP contribution in [0.4, 0.5) is 4.39 Å². The molecule has 0 radical (unpaired) electrons. The van der Waals surface area contributed by atoms with Crippen LogP contribution in [-0.2, 0) is 6.54 Å². The van der Waals surface area contributed by atoms with Crippen LogP contribution in [0.1, 0.15) is 38.3 Å². The van der Waals surface area contributed by atoms with Gasteiger partial charge in [0.15, 0.2) is 0 Å². The summed E-state index contributed by atoms with van der Waals surface area (Å²) in [6.07, 6.45) is 1.15. The van der Waals surface area contributed by atoms with Crippen molar-refractivity contribution in [2.75, 3.05) is 6.54 Å². The smallest absolute Gasteiger partial charge is 0.123 e. The fourth-order valence-electron chi connectivity index (χ4n) is 1.86. The second-order valence-corrected chi connectivity index (χ2v) is 4.64. The van der Waals surface area contributed by atoms with Crippen molar-refractivity contribution in [3.63, 3.8) is 0 Å². The fraction of sp³-hybridized carbons (Fsp3) is 0.571. The van der Waals surface area contributed by atoms with E-state index in [1.807, 2.05) is 13.0 Å². The van der Waals surface area contributed by atoms with Crippen LogP contribution in [0, 0.1) is 12.7 Å². The van der Waals surface area contributed by atoms with Crippen molar-refractivity contribution in [3.8, 4) is 0 Å². The molecule has 1 nitrogen and oxygen atoms in total. The average Bonchev–Trinajstić information content (AvgIpc) is 2.20. The molecular formula is C14H22FN. The van der Waals surface area contributed by atoms with E-state index in [0.717, 1.165) is 25.1 Å². The third kappa shape index (κ3) is 3.60. The maximum absolute atomic E-state index is 13.0. The second-order valence-electron chi connectivity index (χ2n) is 4.64. The van der Waals surface area contributed by atoms with E-state index in [1.54, 1.807) is 12.1 Å². The minimum Gasteiger partial charge on any atom is -0.297 e. The Bertz CT molecular complexity index is 334. The molecule has 0 saturated heterocycles. The molecule has 0 heterocycles. The van der Waals surface area contributed by atoms with Crippen molar-refractivity contribution in [2.45, 2.75) is 46.7 Å². The zero-order valence-electron chi connectivity index (χ0n) is 10.8. The first-order chi connectivity index (χ1) is 7.54. The Kier molecular flexibility index (Phi) is 4.94. The molecule has 0 bridgehead atoms. The SMILES string of the molecule is CCCN(Cc1ccc(F)cc1C)C(C)C. The minimum absolute atomic E-state index is 0.146. The van der Waals surface area contributed by atoms with E-state index < -0.39 is 0 Å². The maximum atomic E-state index is 13.0. The molecule has 1 rings (SSSR count). The van der Waals surface area contributed by atoms with Gasteiger partial charge in [-0.3, -0.25) is 4.90 Å². The fourth-order valence-corrected chi connectivity index (χ4v) is 1.86. The first-order valence-corrected chi connectivity index (χ1v) is 6.03. The summed E-state index contributed by atoms with van der Waals surface area (Å²) in [6.45, 7) is 10.6. The molecule has 0 N–H and O–H groups in total. The van der Waals surface area contributed by atoms with Crippen LogP contribution >= 0.6 is 0 Å². The van der Waals surface area contributed by atoms with Crippen LogP contribution < -0.4 is 0 Å². The van der Waals surface area contributed by atoms with E-state index in [9.17, 15) is 4.39 Å². The summed E-state index contributed by atoms with van der Waals surface area (Å²) in [6, 6.07) is 5.59. The standard InChI is InChI=1S/C14H22FN/c1-5-8-16(11(2)3)10-13-6-7-14(15)9-12(13)4/h6-7,9,11H,5,8,10H2,1-4H3. The molecule has 1 aromatic rings. The molecule has 90 valence electrons. The Balaban J connectivity index is 2.77. The predicted molar refractivity (Wildman–Crippen MR) is 67.0 cm³/mol. The van der Waals surface area contributed by atoms with Gasteiger partial charge in [0.2, 0.25) is 0 Å². The van der Waals surface area contributed by atoms with Crippen LogP contribution in [-0.4, -0.2) is 17.5 Å². The Hall–Kier alpha value is -0.890. The lowest BCUT2D eigenvalue weighted by Gasteiger charge is -2.26. The summed E-state index contributed by atoms with van der Waals surface area (Å²) < 4.78 is 13.0. The highest BCUT2D eigenvalue weighted by atomic mass is 19.1. The monoisotopic (exact) mass is 223 g/mol. The quantitative estimate of drug-likeness (QED) is 0.734. The molecule has 0 aliphatic rings. The van der Waals surface area contributed by atoms with Crippen molar-refractivity contribution in [2.24, 2.45) is 0 Å². The number of hydrogen-bond acceptors (Lipinski definition) is 1. The van der Waals surface area contributed by atoms with Gasteiger partial charge < -0.3 is 0 Å². The molecule has 0 amide bonds. The van der Waals surface area contributed by atoms with Gasteiger partial charge in [0.25, 0.3) is 0 Å². The number of aryl methyl sites for hydroxylation is 1. The van der Waals surface area contributed by atoms with Gasteiger partial charge in [-0.25, -0.2) is 4.39 Å². The van der Waals surface area contributed by atoms with Gasteiger partial charge in [0.1, 0.15) is 5.82 Å². The number of rotatable bonds is 5. The van der Waals surface area contributed by atoms with Crippen molar-refractivity contribution in [3.05, 3.63) is 35.1 Å². The van der Waals surface area contributed by atoms with Gasteiger partial charge in [-0.1, -0.05) is 13.0 Å². The summed E-state index contributed by atoms with van der Waals surface area (Å²) >= 11 is 0. The first-order valence-electron chi connectivity index (χ1n) is 6.03. The molecule has 0 saturated carbocycles. The highest BCUT2D eigenvalue weighted by Crippen LogP contribution is 2.14.